The van der Waals surface area contributed by atoms with E-state index in [2.05, 4.69) is 0 Å². The van der Waals surface area contributed by atoms with E-state index in [0.29, 0.717) is 5.44 Å². The van der Waals surface area contributed by atoms with Crippen LogP contribution in [0, 0.1) is 0 Å². The van der Waals surface area contributed by atoms with E-state index in [1.54, 1.807) is 7.11 Å². The minimum Gasteiger partial charge on any atom is -0.381 e. The molecular formula is C5H10O2S. The Kier molecular flexibility index (Phi) is 2.66. The average molecular weight is 134 g/mol. The molecule has 0 radical (unpaired) electrons. The van der Waals surface area contributed by atoms with Crippen LogP contribution in [0.3, 0.4) is 0 Å². The van der Waals surface area contributed by atoms with Gasteiger partial charge in [-0.2, -0.15) is 0 Å². The number of hydrogen-bond donors (Lipinski definition) is 0. The van der Waals surface area contributed by atoms with Crippen molar-refractivity contribution in [1.82, 2.24) is 0 Å². The average Bonchev–Trinajstić information content (AvgIpc) is 2.19. The van der Waals surface area contributed by atoms with Crippen LogP contribution in [0.4, 0.5) is 0 Å². The van der Waals surface area contributed by atoms with Crippen LogP contribution in [-0.2, 0) is 9.47 Å². The van der Waals surface area contributed by atoms with Gasteiger partial charge in [0.25, 0.3) is 0 Å². The Labute approximate surface area is 53.5 Å². The Balaban J connectivity index is 2.06. The Hall–Kier alpha value is 0.270. The summed E-state index contributed by atoms with van der Waals surface area (Å²) in [5.74, 6) is 1.12. The summed E-state index contributed by atoms with van der Waals surface area (Å²) < 4.78 is 10.1. The molecule has 0 saturated carbocycles. The van der Waals surface area contributed by atoms with E-state index in [0.717, 1.165) is 19.0 Å². The summed E-state index contributed by atoms with van der Waals surface area (Å²) in [6.45, 7) is 1.61. The Morgan fingerprint density at radius 2 is 2.75 bits per heavy atom. The third-order valence-electron chi connectivity index (χ3n) is 0.994. The molecule has 0 bridgehead atoms. The number of rotatable bonds is 2. The van der Waals surface area contributed by atoms with Gasteiger partial charge in [0, 0.05) is 12.9 Å². The molecule has 1 aliphatic rings. The highest BCUT2D eigenvalue weighted by Crippen LogP contribution is 2.18. The van der Waals surface area contributed by atoms with Gasteiger partial charge in [-0.3, -0.25) is 0 Å². The molecule has 3 heteroatoms. The lowest BCUT2D eigenvalue weighted by Crippen LogP contribution is -2.08. The fourth-order valence-electron chi connectivity index (χ4n) is 0.640. The molecule has 0 N–H and O–H groups in total. The molecule has 1 fully saturated rings. The third kappa shape index (κ3) is 1.65. The van der Waals surface area contributed by atoms with E-state index in [4.69, 9.17) is 9.47 Å². The summed E-state index contributed by atoms with van der Waals surface area (Å²) in [6.07, 6.45) is 0. The van der Waals surface area contributed by atoms with Crippen molar-refractivity contribution in [1.29, 1.82) is 0 Å². The largest absolute Gasteiger partial charge is 0.381 e. The van der Waals surface area contributed by atoms with Crippen LogP contribution in [0.1, 0.15) is 0 Å². The van der Waals surface area contributed by atoms with Gasteiger partial charge in [-0.25, -0.2) is 0 Å². The Morgan fingerprint density at radius 3 is 3.25 bits per heavy atom. The van der Waals surface area contributed by atoms with Crippen molar-refractivity contribution in [3.05, 3.63) is 0 Å². The summed E-state index contributed by atoms with van der Waals surface area (Å²) in [7, 11) is 1.70. The van der Waals surface area contributed by atoms with E-state index in [9.17, 15) is 0 Å². The summed E-state index contributed by atoms with van der Waals surface area (Å²) in [5.41, 5.74) is 0.306. The summed E-state index contributed by atoms with van der Waals surface area (Å²) >= 11 is 1.82. The molecular weight excluding hydrogens is 124 g/mol. The lowest BCUT2D eigenvalue weighted by Gasteiger charge is -2.04. The van der Waals surface area contributed by atoms with Crippen molar-refractivity contribution in [2.75, 3.05) is 26.1 Å². The van der Waals surface area contributed by atoms with Crippen LogP contribution >= 0.6 is 11.8 Å². The van der Waals surface area contributed by atoms with Crippen molar-refractivity contribution < 1.29 is 9.47 Å². The van der Waals surface area contributed by atoms with Crippen molar-refractivity contribution >= 4 is 11.8 Å². The first-order valence-electron chi connectivity index (χ1n) is 2.65. The van der Waals surface area contributed by atoms with Gasteiger partial charge < -0.3 is 9.47 Å². The molecule has 2 nitrogen and oxygen atoms in total. The molecule has 1 aliphatic heterocycles. The second-order valence-electron chi connectivity index (χ2n) is 1.63. The summed E-state index contributed by atoms with van der Waals surface area (Å²) in [6, 6.07) is 0. The number of ether oxygens (including phenoxy) is 2. The maximum Gasteiger partial charge on any atom is 0.126 e. The van der Waals surface area contributed by atoms with Crippen molar-refractivity contribution in [2.24, 2.45) is 0 Å². The quantitative estimate of drug-likeness (QED) is 0.554. The van der Waals surface area contributed by atoms with Crippen LogP contribution in [0.15, 0.2) is 0 Å². The van der Waals surface area contributed by atoms with Gasteiger partial charge in [0.2, 0.25) is 0 Å². The van der Waals surface area contributed by atoms with E-state index in [-0.39, 0.29) is 0 Å². The normalized spacial score (nSPS) is 28.9. The van der Waals surface area contributed by atoms with E-state index in [1.165, 1.54) is 0 Å². The first kappa shape index (κ1) is 6.39. The van der Waals surface area contributed by atoms with Crippen LogP contribution < -0.4 is 0 Å². The van der Waals surface area contributed by atoms with Crippen LogP contribution in [-0.4, -0.2) is 31.5 Å². The minimum absolute atomic E-state index is 0.306. The van der Waals surface area contributed by atoms with Gasteiger partial charge in [-0.1, -0.05) is 0 Å². The maximum atomic E-state index is 5.23. The molecule has 48 valence electrons. The fourth-order valence-corrected chi connectivity index (χ4v) is 1.52. The predicted molar refractivity (Wildman–Crippen MR) is 34.1 cm³/mol. The Morgan fingerprint density at radius 1 is 1.88 bits per heavy atom. The third-order valence-corrected chi connectivity index (χ3v) is 2.04. The van der Waals surface area contributed by atoms with E-state index in [1.807, 2.05) is 11.8 Å². The smallest absolute Gasteiger partial charge is 0.126 e. The highest BCUT2D eigenvalue weighted by Gasteiger charge is 2.14. The molecule has 0 spiro atoms. The predicted octanol–water partition coefficient (Wildman–Crippen LogP) is 0.722. The fraction of sp³-hybridized carbons (Fsp3) is 1.00. The molecule has 0 aliphatic carbocycles. The van der Waals surface area contributed by atoms with Crippen LogP contribution in [0.2, 0.25) is 0 Å². The summed E-state index contributed by atoms with van der Waals surface area (Å²) in [5, 5.41) is 0. The zero-order valence-electron chi connectivity index (χ0n) is 4.92. The molecule has 0 aromatic carbocycles. The molecule has 0 aromatic rings. The number of methoxy groups -OCH3 is 1. The first-order chi connectivity index (χ1) is 3.93. The van der Waals surface area contributed by atoms with Gasteiger partial charge in [-0.15, -0.1) is 11.8 Å². The monoisotopic (exact) mass is 134 g/mol. The molecule has 0 aromatic heterocycles. The minimum atomic E-state index is 0.306. The highest BCUT2D eigenvalue weighted by atomic mass is 32.2. The molecule has 1 rings (SSSR count). The van der Waals surface area contributed by atoms with Crippen LogP contribution in [0.25, 0.3) is 0 Å². The number of thioether (sulfide) groups is 1. The molecule has 8 heavy (non-hydrogen) atoms. The SMILES string of the molecule is COC[C@@H]1OCCS1. The van der Waals surface area contributed by atoms with E-state index >= 15 is 0 Å². The zero-order chi connectivity index (χ0) is 5.82. The molecule has 0 unspecified atom stereocenters. The van der Waals surface area contributed by atoms with Crippen LogP contribution in [0.5, 0.6) is 0 Å². The van der Waals surface area contributed by atoms with Gasteiger partial charge in [0.15, 0.2) is 0 Å². The highest BCUT2D eigenvalue weighted by molar-refractivity contribution is 8.00. The van der Waals surface area contributed by atoms with Gasteiger partial charge in [0.05, 0.1) is 13.2 Å². The molecule has 1 atom stereocenters. The standard InChI is InChI=1S/C5H10O2S/c1-6-4-5-7-2-3-8-5/h5H,2-4H2,1H3/t5-/m1/s1. The number of hydrogen-bond acceptors (Lipinski definition) is 3. The molecule has 0 amide bonds. The molecule has 1 saturated heterocycles. The van der Waals surface area contributed by atoms with Crippen molar-refractivity contribution in [3.63, 3.8) is 0 Å². The zero-order valence-corrected chi connectivity index (χ0v) is 5.74. The van der Waals surface area contributed by atoms with Gasteiger partial charge in [-0.05, 0) is 0 Å². The Bertz CT molecular complexity index is 61.4. The van der Waals surface area contributed by atoms with Gasteiger partial charge >= 0.3 is 0 Å². The first-order valence-corrected chi connectivity index (χ1v) is 3.70. The van der Waals surface area contributed by atoms with Gasteiger partial charge in [0.1, 0.15) is 5.44 Å². The topological polar surface area (TPSA) is 18.5 Å². The maximum absolute atomic E-state index is 5.23. The summed E-state index contributed by atoms with van der Waals surface area (Å²) in [4.78, 5) is 0. The van der Waals surface area contributed by atoms with E-state index < -0.39 is 0 Å². The second kappa shape index (κ2) is 3.33. The van der Waals surface area contributed by atoms with Crippen molar-refractivity contribution in [3.8, 4) is 0 Å². The van der Waals surface area contributed by atoms with Crippen molar-refractivity contribution in [2.45, 2.75) is 5.44 Å². The lowest BCUT2D eigenvalue weighted by atomic mass is 10.7. The second-order valence-corrected chi connectivity index (χ2v) is 2.89. The lowest BCUT2D eigenvalue weighted by molar-refractivity contribution is 0.0680. The molecule has 1 heterocycles.